The van der Waals surface area contributed by atoms with Gasteiger partial charge in [0.2, 0.25) is 10.0 Å². The summed E-state index contributed by atoms with van der Waals surface area (Å²) in [6.45, 7) is 0.117. The van der Waals surface area contributed by atoms with E-state index in [9.17, 15) is 13.2 Å². The van der Waals surface area contributed by atoms with Gasteiger partial charge in [-0.1, -0.05) is 18.2 Å². The van der Waals surface area contributed by atoms with Gasteiger partial charge in [-0.2, -0.15) is 0 Å². The summed E-state index contributed by atoms with van der Waals surface area (Å²) in [5.74, 6) is -0.151. The standard InChI is InChI=1S/C17H19NO6S/c1-23-14-8-7-12(11-15(14)24-2)9-10-18-25(21,22)16-6-4-3-5-13(16)17(19)20/h3-8,11,18H,9-10H2,1-2H3,(H,19,20). The van der Waals surface area contributed by atoms with Gasteiger partial charge in [-0.25, -0.2) is 17.9 Å². The molecule has 0 unspecified atom stereocenters. The van der Waals surface area contributed by atoms with Gasteiger partial charge in [-0.05, 0) is 36.2 Å². The van der Waals surface area contributed by atoms with Crippen LogP contribution >= 0.6 is 0 Å². The van der Waals surface area contributed by atoms with Crippen molar-refractivity contribution in [3.63, 3.8) is 0 Å². The van der Waals surface area contributed by atoms with Gasteiger partial charge in [0.25, 0.3) is 0 Å². The molecule has 0 aliphatic carbocycles. The molecule has 0 aliphatic heterocycles. The summed E-state index contributed by atoms with van der Waals surface area (Å²) in [5, 5.41) is 9.12. The number of carboxylic acid groups (broad SMARTS) is 1. The number of carboxylic acids is 1. The van der Waals surface area contributed by atoms with Crippen molar-refractivity contribution in [2.24, 2.45) is 0 Å². The Morgan fingerprint density at radius 2 is 1.76 bits per heavy atom. The summed E-state index contributed by atoms with van der Waals surface area (Å²) < 4.78 is 37.5. The number of methoxy groups -OCH3 is 2. The number of aromatic carboxylic acids is 1. The van der Waals surface area contributed by atoms with E-state index < -0.39 is 16.0 Å². The minimum Gasteiger partial charge on any atom is -0.493 e. The molecule has 134 valence electrons. The number of benzene rings is 2. The molecule has 0 atom stereocenters. The van der Waals surface area contributed by atoms with Crippen molar-refractivity contribution in [2.45, 2.75) is 11.3 Å². The molecule has 7 nitrogen and oxygen atoms in total. The maximum absolute atomic E-state index is 12.4. The van der Waals surface area contributed by atoms with Gasteiger partial charge in [-0.3, -0.25) is 0 Å². The fourth-order valence-corrected chi connectivity index (χ4v) is 3.55. The van der Waals surface area contributed by atoms with E-state index in [4.69, 9.17) is 14.6 Å². The Morgan fingerprint density at radius 1 is 1.08 bits per heavy atom. The average molecular weight is 365 g/mol. The fourth-order valence-electron chi connectivity index (χ4n) is 2.32. The van der Waals surface area contributed by atoms with E-state index in [1.54, 1.807) is 18.2 Å². The SMILES string of the molecule is COc1ccc(CCNS(=O)(=O)c2ccccc2C(=O)O)cc1OC. The lowest BCUT2D eigenvalue weighted by molar-refractivity contribution is 0.0692. The first-order chi connectivity index (χ1) is 11.9. The number of ether oxygens (including phenoxy) is 2. The van der Waals surface area contributed by atoms with Crippen molar-refractivity contribution in [2.75, 3.05) is 20.8 Å². The van der Waals surface area contributed by atoms with Crippen molar-refractivity contribution >= 4 is 16.0 Å². The first-order valence-electron chi connectivity index (χ1n) is 7.42. The molecule has 0 radical (unpaired) electrons. The predicted molar refractivity (Wildman–Crippen MR) is 91.8 cm³/mol. The molecule has 0 bridgehead atoms. The third-order valence-corrected chi connectivity index (χ3v) is 5.08. The molecule has 0 amide bonds. The van der Waals surface area contributed by atoms with Crippen molar-refractivity contribution in [1.82, 2.24) is 4.72 Å². The number of hydrogen-bond donors (Lipinski definition) is 2. The van der Waals surface area contributed by atoms with Gasteiger partial charge in [0.05, 0.1) is 24.7 Å². The molecule has 0 saturated carbocycles. The van der Waals surface area contributed by atoms with E-state index in [2.05, 4.69) is 4.72 Å². The largest absolute Gasteiger partial charge is 0.493 e. The normalized spacial score (nSPS) is 11.1. The van der Waals surface area contributed by atoms with Crippen LogP contribution in [0.1, 0.15) is 15.9 Å². The molecular weight excluding hydrogens is 346 g/mol. The lowest BCUT2D eigenvalue weighted by Gasteiger charge is -2.11. The highest BCUT2D eigenvalue weighted by molar-refractivity contribution is 7.89. The summed E-state index contributed by atoms with van der Waals surface area (Å²) in [6, 6.07) is 10.8. The van der Waals surface area contributed by atoms with Crippen LogP contribution in [0.3, 0.4) is 0 Å². The Morgan fingerprint density at radius 3 is 2.40 bits per heavy atom. The van der Waals surface area contributed by atoms with Gasteiger partial charge in [0.1, 0.15) is 0 Å². The molecule has 0 aliphatic rings. The van der Waals surface area contributed by atoms with Gasteiger partial charge in [0, 0.05) is 6.54 Å². The molecule has 0 spiro atoms. The van der Waals surface area contributed by atoms with E-state index in [0.29, 0.717) is 17.9 Å². The first-order valence-corrected chi connectivity index (χ1v) is 8.90. The summed E-state index contributed by atoms with van der Waals surface area (Å²) in [7, 11) is -0.867. The van der Waals surface area contributed by atoms with E-state index in [1.807, 2.05) is 0 Å². The minimum atomic E-state index is -3.92. The quantitative estimate of drug-likeness (QED) is 0.741. The number of rotatable bonds is 8. The second kappa shape index (κ2) is 8.00. The summed E-state index contributed by atoms with van der Waals surface area (Å²) >= 11 is 0. The Bertz CT molecular complexity index is 863. The van der Waals surface area contributed by atoms with Crippen LogP contribution < -0.4 is 14.2 Å². The second-order valence-electron chi connectivity index (χ2n) is 5.14. The monoisotopic (exact) mass is 365 g/mol. The average Bonchev–Trinajstić information content (AvgIpc) is 2.61. The summed E-state index contributed by atoms with van der Waals surface area (Å²) in [5.41, 5.74) is 0.591. The minimum absolute atomic E-state index is 0.117. The van der Waals surface area contributed by atoms with Crippen LogP contribution in [-0.4, -0.2) is 40.3 Å². The third-order valence-electron chi connectivity index (χ3n) is 3.56. The molecule has 0 aromatic heterocycles. The van der Waals surface area contributed by atoms with E-state index >= 15 is 0 Å². The van der Waals surface area contributed by atoms with Crippen molar-refractivity contribution < 1.29 is 27.8 Å². The number of sulfonamides is 1. The first kappa shape index (κ1) is 18.8. The predicted octanol–water partition coefficient (Wildman–Crippen LogP) is 1.92. The number of carbonyl (C=O) groups is 1. The Hall–Kier alpha value is -2.58. The van der Waals surface area contributed by atoms with Crippen molar-refractivity contribution in [3.8, 4) is 11.5 Å². The molecule has 8 heteroatoms. The van der Waals surface area contributed by atoms with Crippen molar-refractivity contribution in [1.29, 1.82) is 0 Å². The lowest BCUT2D eigenvalue weighted by Crippen LogP contribution is -2.27. The second-order valence-corrected chi connectivity index (χ2v) is 6.87. The summed E-state index contributed by atoms with van der Waals surface area (Å²) in [4.78, 5) is 10.9. The van der Waals surface area contributed by atoms with Crippen molar-refractivity contribution in [3.05, 3.63) is 53.6 Å². The van der Waals surface area contributed by atoms with Gasteiger partial charge >= 0.3 is 5.97 Å². The third kappa shape index (κ3) is 4.49. The van der Waals surface area contributed by atoms with Crippen LogP contribution in [0.5, 0.6) is 11.5 Å². The van der Waals surface area contributed by atoms with Crippen LogP contribution in [-0.2, 0) is 16.4 Å². The molecular formula is C17H19NO6S. The highest BCUT2D eigenvalue weighted by Crippen LogP contribution is 2.27. The number of hydrogen-bond acceptors (Lipinski definition) is 5. The van der Waals surface area contributed by atoms with E-state index in [-0.39, 0.29) is 17.0 Å². The van der Waals surface area contributed by atoms with Crippen LogP contribution in [0.2, 0.25) is 0 Å². The lowest BCUT2D eigenvalue weighted by atomic mass is 10.1. The van der Waals surface area contributed by atoms with Gasteiger partial charge < -0.3 is 14.6 Å². The van der Waals surface area contributed by atoms with Gasteiger partial charge in [0.15, 0.2) is 11.5 Å². The Balaban J connectivity index is 2.10. The molecule has 0 saturated heterocycles. The number of nitrogens with one attached hydrogen (secondary N) is 1. The maximum Gasteiger partial charge on any atom is 0.337 e. The Kier molecular flexibility index (Phi) is 6.00. The highest BCUT2D eigenvalue weighted by Gasteiger charge is 2.21. The highest BCUT2D eigenvalue weighted by atomic mass is 32.2. The Labute approximate surface area is 146 Å². The van der Waals surface area contributed by atoms with Crippen LogP contribution in [0.25, 0.3) is 0 Å². The summed E-state index contributed by atoms with van der Waals surface area (Å²) in [6.07, 6.45) is 0.412. The zero-order valence-corrected chi connectivity index (χ0v) is 14.7. The fraction of sp³-hybridized carbons (Fsp3) is 0.235. The molecule has 2 rings (SSSR count). The molecule has 25 heavy (non-hydrogen) atoms. The zero-order valence-electron chi connectivity index (χ0n) is 13.9. The van der Waals surface area contributed by atoms with Crippen LogP contribution in [0.4, 0.5) is 0 Å². The molecule has 0 fully saturated rings. The molecule has 2 aromatic carbocycles. The molecule has 2 N–H and O–H groups in total. The van der Waals surface area contributed by atoms with Gasteiger partial charge in [-0.15, -0.1) is 0 Å². The molecule has 2 aromatic rings. The van der Waals surface area contributed by atoms with E-state index in [0.717, 1.165) is 5.56 Å². The van der Waals surface area contributed by atoms with E-state index in [1.165, 1.54) is 38.5 Å². The van der Waals surface area contributed by atoms with Crippen LogP contribution in [0.15, 0.2) is 47.4 Å². The maximum atomic E-state index is 12.4. The zero-order chi connectivity index (χ0) is 18.4. The topological polar surface area (TPSA) is 102 Å². The van der Waals surface area contributed by atoms with Crippen LogP contribution in [0, 0.1) is 0 Å². The smallest absolute Gasteiger partial charge is 0.337 e. The molecule has 0 heterocycles.